The highest BCUT2D eigenvalue weighted by Gasteiger charge is 2.41. The maximum atomic E-state index is 12.4. The van der Waals surface area contributed by atoms with Crippen LogP contribution in [-0.2, 0) is 16.1 Å². The third-order valence-corrected chi connectivity index (χ3v) is 4.66. The molecule has 1 aliphatic heterocycles. The Kier molecular flexibility index (Phi) is 4.49. The average molecular weight is 388 g/mol. The van der Waals surface area contributed by atoms with Crippen LogP contribution in [-0.4, -0.2) is 28.7 Å². The van der Waals surface area contributed by atoms with Gasteiger partial charge in [-0.3, -0.25) is 14.5 Å². The standard InChI is InChI=1S/C18H14BrNO4/c1-11(18(23)24-10-12-6-2-5-9-15(12)19)20-16(21)13-7-3-4-8-14(13)17(20)22/h2-9,11H,10H2,1H3/t11-/m0/s1. The number of carbonyl (C=O) groups excluding carboxylic acids is 3. The summed E-state index contributed by atoms with van der Waals surface area (Å²) >= 11 is 3.38. The first-order valence-corrected chi connectivity index (χ1v) is 8.17. The molecule has 2 aromatic carbocycles. The maximum Gasteiger partial charge on any atom is 0.329 e. The van der Waals surface area contributed by atoms with E-state index in [0.29, 0.717) is 11.1 Å². The first kappa shape index (κ1) is 16.4. The Bertz CT molecular complexity index is 798. The fourth-order valence-electron chi connectivity index (χ4n) is 2.55. The van der Waals surface area contributed by atoms with Crippen molar-refractivity contribution in [3.05, 3.63) is 69.7 Å². The molecule has 2 amide bonds. The van der Waals surface area contributed by atoms with Crippen LogP contribution in [0.15, 0.2) is 53.0 Å². The molecule has 0 radical (unpaired) electrons. The van der Waals surface area contributed by atoms with Crippen LogP contribution >= 0.6 is 15.9 Å². The molecule has 0 saturated heterocycles. The van der Waals surface area contributed by atoms with Crippen LogP contribution in [0.1, 0.15) is 33.2 Å². The van der Waals surface area contributed by atoms with Gasteiger partial charge in [0, 0.05) is 10.0 Å². The summed E-state index contributed by atoms with van der Waals surface area (Å²) in [4.78, 5) is 38.0. The molecule has 6 heteroatoms. The van der Waals surface area contributed by atoms with Gasteiger partial charge in [-0.05, 0) is 25.1 Å². The first-order chi connectivity index (χ1) is 11.5. The topological polar surface area (TPSA) is 63.7 Å². The van der Waals surface area contributed by atoms with E-state index in [-0.39, 0.29) is 6.61 Å². The molecule has 24 heavy (non-hydrogen) atoms. The fraction of sp³-hybridized carbons (Fsp3) is 0.167. The molecular weight excluding hydrogens is 374 g/mol. The highest BCUT2D eigenvalue weighted by molar-refractivity contribution is 9.10. The summed E-state index contributed by atoms with van der Waals surface area (Å²) in [6.07, 6.45) is 0. The van der Waals surface area contributed by atoms with E-state index < -0.39 is 23.8 Å². The number of halogens is 1. The summed E-state index contributed by atoms with van der Waals surface area (Å²) in [5, 5.41) is 0. The molecule has 1 atom stereocenters. The van der Waals surface area contributed by atoms with Crippen molar-refractivity contribution >= 4 is 33.7 Å². The highest BCUT2D eigenvalue weighted by Crippen LogP contribution is 2.25. The van der Waals surface area contributed by atoms with Gasteiger partial charge in [-0.25, -0.2) is 4.79 Å². The molecule has 5 nitrogen and oxygen atoms in total. The predicted octanol–water partition coefficient (Wildman–Crippen LogP) is 3.18. The number of benzene rings is 2. The van der Waals surface area contributed by atoms with E-state index >= 15 is 0 Å². The zero-order chi connectivity index (χ0) is 17.3. The minimum Gasteiger partial charge on any atom is -0.459 e. The highest BCUT2D eigenvalue weighted by atomic mass is 79.9. The van der Waals surface area contributed by atoms with E-state index in [9.17, 15) is 14.4 Å². The van der Waals surface area contributed by atoms with Crippen LogP contribution in [0.2, 0.25) is 0 Å². The number of esters is 1. The number of hydrogen-bond acceptors (Lipinski definition) is 4. The Morgan fingerprint density at radius 3 is 2.17 bits per heavy atom. The van der Waals surface area contributed by atoms with Crippen LogP contribution in [0.4, 0.5) is 0 Å². The Hall–Kier alpha value is -2.47. The average Bonchev–Trinajstić information content (AvgIpc) is 2.85. The summed E-state index contributed by atoms with van der Waals surface area (Å²) in [5.74, 6) is -1.57. The van der Waals surface area contributed by atoms with Gasteiger partial charge in [-0.1, -0.05) is 46.3 Å². The lowest BCUT2D eigenvalue weighted by atomic mass is 10.1. The summed E-state index contributed by atoms with van der Waals surface area (Å²) in [5.41, 5.74) is 1.43. The third-order valence-electron chi connectivity index (χ3n) is 3.88. The van der Waals surface area contributed by atoms with Crippen molar-refractivity contribution in [1.82, 2.24) is 4.90 Å². The van der Waals surface area contributed by atoms with Crippen molar-refractivity contribution in [3.63, 3.8) is 0 Å². The number of nitrogens with zero attached hydrogens (tertiary/aromatic N) is 1. The minimum absolute atomic E-state index is 0.0633. The van der Waals surface area contributed by atoms with Gasteiger partial charge in [0.05, 0.1) is 11.1 Å². The van der Waals surface area contributed by atoms with E-state index in [1.807, 2.05) is 24.3 Å². The van der Waals surface area contributed by atoms with Crippen LogP contribution in [0.25, 0.3) is 0 Å². The maximum absolute atomic E-state index is 12.4. The van der Waals surface area contributed by atoms with Gasteiger partial charge in [0.2, 0.25) is 0 Å². The summed E-state index contributed by atoms with van der Waals surface area (Å²) < 4.78 is 6.09. The monoisotopic (exact) mass is 387 g/mol. The number of fused-ring (bicyclic) bond motifs is 1. The molecule has 122 valence electrons. The second kappa shape index (κ2) is 6.57. The molecule has 0 fully saturated rings. The smallest absolute Gasteiger partial charge is 0.329 e. The number of rotatable bonds is 4. The van der Waals surface area contributed by atoms with Crippen LogP contribution in [0, 0.1) is 0 Å². The van der Waals surface area contributed by atoms with Gasteiger partial charge >= 0.3 is 5.97 Å². The van der Waals surface area contributed by atoms with Crippen molar-refractivity contribution in [2.24, 2.45) is 0 Å². The Balaban J connectivity index is 1.72. The summed E-state index contributed by atoms with van der Waals surface area (Å²) in [6, 6.07) is 12.9. The van der Waals surface area contributed by atoms with Gasteiger partial charge < -0.3 is 4.74 Å². The van der Waals surface area contributed by atoms with Crippen LogP contribution in [0.5, 0.6) is 0 Å². The largest absolute Gasteiger partial charge is 0.459 e. The van der Waals surface area contributed by atoms with Crippen LogP contribution in [0.3, 0.4) is 0 Å². The summed E-state index contributed by atoms with van der Waals surface area (Å²) in [6.45, 7) is 1.55. The van der Waals surface area contributed by atoms with Gasteiger partial charge in [0.1, 0.15) is 12.6 Å². The van der Waals surface area contributed by atoms with Crippen molar-refractivity contribution in [2.45, 2.75) is 19.6 Å². The molecule has 0 unspecified atom stereocenters. The zero-order valence-electron chi connectivity index (χ0n) is 12.9. The third kappa shape index (κ3) is 2.85. The predicted molar refractivity (Wildman–Crippen MR) is 90.3 cm³/mol. The van der Waals surface area contributed by atoms with Gasteiger partial charge in [0.25, 0.3) is 11.8 Å². The lowest BCUT2D eigenvalue weighted by molar-refractivity contribution is -0.149. The van der Waals surface area contributed by atoms with Gasteiger partial charge in [-0.2, -0.15) is 0 Å². The molecule has 0 spiro atoms. The normalized spacial score (nSPS) is 14.5. The molecule has 1 heterocycles. The molecule has 0 N–H and O–H groups in total. The molecule has 0 aromatic heterocycles. The SMILES string of the molecule is C[C@@H](C(=O)OCc1ccccc1Br)N1C(=O)c2ccccc2C1=O. The van der Waals surface area contributed by atoms with E-state index in [1.165, 1.54) is 6.92 Å². The Labute approximate surface area is 147 Å². The molecule has 0 bridgehead atoms. The van der Waals surface area contributed by atoms with E-state index in [2.05, 4.69) is 15.9 Å². The number of carbonyl (C=O) groups is 3. The van der Waals surface area contributed by atoms with Crippen LogP contribution < -0.4 is 0 Å². The second-order valence-electron chi connectivity index (χ2n) is 5.40. The lowest BCUT2D eigenvalue weighted by Crippen LogP contribution is -2.43. The molecular formula is C18H14BrNO4. The van der Waals surface area contributed by atoms with Crippen molar-refractivity contribution in [3.8, 4) is 0 Å². The van der Waals surface area contributed by atoms with E-state index in [1.54, 1.807) is 24.3 Å². The van der Waals surface area contributed by atoms with E-state index in [0.717, 1.165) is 14.9 Å². The molecule has 0 aliphatic carbocycles. The number of ether oxygens (including phenoxy) is 1. The molecule has 1 aliphatic rings. The van der Waals surface area contributed by atoms with Crippen molar-refractivity contribution in [1.29, 1.82) is 0 Å². The van der Waals surface area contributed by atoms with E-state index in [4.69, 9.17) is 4.74 Å². The molecule has 0 saturated carbocycles. The number of amides is 2. The quantitative estimate of drug-likeness (QED) is 0.596. The first-order valence-electron chi connectivity index (χ1n) is 7.37. The Morgan fingerprint density at radius 2 is 1.58 bits per heavy atom. The van der Waals surface area contributed by atoms with Gasteiger partial charge in [0.15, 0.2) is 0 Å². The number of hydrogen-bond donors (Lipinski definition) is 0. The van der Waals surface area contributed by atoms with Gasteiger partial charge in [-0.15, -0.1) is 0 Å². The molecule has 3 rings (SSSR count). The fourth-order valence-corrected chi connectivity index (χ4v) is 2.95. The molecule has 2 aromatic rings. The van der Waals surface area contributed by atoms with Crippen molar-refractivity contribution < 1.29 is 19.1 Å². The summed E-state index contributed by atoms with van der Waals surface area (Å²) in [7, 11) is 0. The number of imide groups is 1. The Morgan fingerprint density at radius 1 is 1.04 bits per heavy atom. The lowest BCUT2D eigenvalue weighted by Gasteiger charge is -2.21. The zero-order valence-corrected chi connectivity index (χ0v) is 14.4. The second-order valence-corrected chi connectivity index (χ2v) is 6.26. The van der Waals surface area contributed by atoms with Crippen molar-refractivity contribution in [2.75, 3.05) is 0 Å². The minimum atomic E-state index is -0.986.